The highest BCUT2D eigenvalue weighted by atomic mass is 16.5. The molecule has 0 unspecified atom stereocenters. The Morgan fingerprint density at radius 3 is 2.71 bits per heavy atom. The van der Waals surface area contributed by atoms with E-state index in [0.717, 1.165) is 19.4 Å². The standard InChI is InChI=1S/C20H24N2O2/c1-2-22(17-10-4-3-5-11-17)20(23)16-9-8-12-18(15-16)24-19-13-6-7-14-21-19/h6-9,12-15,17H,2-5,10-11H2,1H3. The van der Waals surface area contributed by atoms with Gasteiger partial charge >= 0.3 is 0 Å². The molecule has 4 nitrogen and oxygen atoms in total. The van der Waals surface area contributed by atoms with Crippen molar-refractivity contribution in [2.75, 3.05) is 6.54 Å². The molecule has 1 aromatic carbocycles. The van der Waals surface area contributed by atoms with Crippen molar-refractivity contribution < 1.29 is 9.53 Å². The molecule has 4 heteroatoms. The van der Waals surface area contributed by atoms with Crippen molar-refractivity contribution in [3.63, 3.8) is 0 Å². The van der Waals surface area contributed by atoms with Crippen molar-refractivity contribution in [2.45, 2.75) is 45.1 Å². The van der Waals surface area contributed by atoms with Gasteiger partial charge in [-0.05, 0) is 44.0 Å². The Morgan fingerprint density at radius 2 is 2.00 bits per heavy atom. The maximum absolute atomic E-state index is 12.9. The van der Waals surface area contributed by atoms with E-state index in [9.17, 15) is 4.79 Å². The van der Waals surface area contributed by atoms with Crippen LogP contribution in [0.4, 0.5) is 0 Å². The molecule has 1 amide bonds. The zero-order valence-corrected chi connectivity index (χ0v) is 14.1. The van der Waals surface area contributed by atoms with Crippen LogP contribution < -0.4 is 4.74 Å². The first-order valence-corrected chi connectivity index (χ1v) is 8.78. The first kappa shape index (κ1) is 16.5. The van der Waals surface area contributed by atoms with Gasteiger partial charge in [0.25, 0.3) is 5.91 Å². The number of pyridine rings is 1. The predicted molar refractivity (Wildman–Crippen MR) is 94.3 cm³/mol. The van der Waals surface area contributed by atoms with Gasteiger partial charge in [-0.1, -0.05) is 31.4 Å². The van der Waals surface area contributed by atoms with E-state index in [-0.39, 0.29) is 5.91 Å². The summed E-state index contributed by atoms with van der Waals surface area (Å²) in [6.07, 6.45) is 7.64. The van der Waals surface area contributed by atoms with Crippen molar-refractivity contribution in [3.8, 4) is 11.6 Å². The molecule has 2 aromatic rings. The van der Waals surface area contributed by atoms with Crippen molar-refractivity contribution in [2.24, 2.45) is 0 Å². The lowest BCUT2D eigenvalue weighted by Crippen LogP contribution is -2.41. The molecule has 0 N–H and O–H groups in total. The topological polar surface area (TPSA) is 42.4 Å². The van der Waals surface area contributed by atoms with Gasteiger partial charge in [0.2, 0.25) is 5.88 Å². The zero-order valence-electron chi connectivity index (χ0n) is 14.1. The quantitative estimate of drug-likeness (QED) is 0.802. The van der Waals surface area contributed by atoms with Crippen LogP contribution in [-0.2, 0) is 0 Å². The Hall–Kier alpha value is -2.36. The van der Waals surface area contributed by atoms with Crippen molar-refractivity contribution in [1.29, 1.82) is 0 Å². The summed E-state index contributed by atoms with van der Waals surface area (Å²) in [7, 11) is 0. The van der Waals surface area contributed by atoms with Gasteiger partial charge in [0.05, 0.1) is 0 Å². The molecule has 1 aliphatic rings. The van der Waals surface area contributed by atoms with Crippen molar-refractivity contribution >= 4 is 5.91 Å². The molecule has 1 saturated carbocycles. The van der Waals surface area contributed by atoms with Gasteiger partial charge in [-0.2, -0.15) is 0 Å². The van der Waals surface area contributed by atoms with Crippen molar-refractivity contribution in [1.82, 2.24) is 9.88 Å². The predicted octanol–water partition coefficient (Wildman–Crippen LogP) is 4.67. The smallest absolute Gasteiger partial charge is 0.254 e. The molecule has 3 rings (SSSR count). The normalized spacial score (nSPS) is 15.0. The van der Waals surface area contributed by atoms with Gasteiger partial charge in [-0.3, -0.25) is 4.79 Å². The second-order valence-corrected chi connectivity index (χ2v) is 6.18. The summed E-state index contributed by atoms with van der Waals surface area (Å²) in [5.74, 6) is 1.26. The lowest BCUT2D eigenvalue weighted by molar-refractivity contribution is 0.0647. The van der Waals surface area contributed by atoms with Crippen LogP contribution in [0.15, 0.2) is 48.7 Å². The maximum atomic E-state index is 12.9. The van der Waals surface area contributed by atoms with E-state index in [1.54, 1.807) is 12.3 Å². The number of amides is 1. The summed E-state index contributed by atoms with van der Waals surface area (Å²) < 4.78 is 5.75. The van der Waals surface area contributed by atoms with E-state index in [0.29, 0.717) is 23.2 Å². The number of hydrogen-bond acceptors (Lipinski definition) is 3. The van der Waals surface area contributed by atoms with Gasteiger partial charge in [0, 0.05) is 30.4 Å². The molecule has 1 heterocycles. The number of carbonyl (C=O) groups excluding carboxylic acids is 1. The summed E-state index contributed by atoms with van der Waals surface area (Å²) >= 11 is 0. The van der Waals surface area contributed by atoms with Gasteiger partial charge in [-0.25, -0.2) is 4.98 Å². The first-order valence-electron chi connectivity index (χ1n) is 8.78. The zero-order chi connectivity index (χ0) is 16.8. The Bertz CT molecular complexity index is 666. The van der Waals surface area contributed by atoms with E-state index in [4.69, 9.17) is 4.74 Å². The van der Waals surface area contributed by atoms with E-state index in [1.165, 1.54) is 19.3 Å². The van der Waals surface area contributed by atoms with Crippen LogP contribution in [0.25, 0.3) is 0 Å². The van der Waals surface area contributed by atoms with Crippen LogP contribution in [0.1, 0.15) is 49.4 Å². The molecule has 0 aliphatic heterocycles. The summed E-state index contributed by atoms with van der Waals surface area (Å²) in [6.45, 7) is 2.80. The number of ether oxygens (including phenoxy) is 1. The largest absolute Gasteiger partial charge is 0.439 e. The summed E-state index contributed by atoms with van der Waals surface area (Å²) in [5.41, 5.74) is 0.677. The minimum absolute atomic E-state index is 0.0934. The third-order valence-electron chi connectivity index (χ3n) is 4.56. The minimum atomic E-state index is 0.0934. The Morgan fingerprint density at radius 1 is 1.17 bits per heavy atom. The summed E-state index contributed by atoms with van der Waals surface area (Å²) in [6, 6.07) is 13.3. The molecule has 126 valence electrons. The second kappa shape index (κ2) is 7.95. The van der Waals surface area contributed by atoms with Crippen LogP contribution in [0, 0.1) is 0 Å². The molecule has 0 atom stereocenters. The van der Waals surface area contributed by atoms with Crippen molar-refractivity contribution in [3.05, 3.63) is 54.2 Å². The average Bonchev–Trinajstić information content (AvgIpc) is 2.64. The van der Waals surface area contributed by atoms with Gasteiger partial charge in [0.15, 0.2) is 0 Å². The average molecular weight is 324 g/mol. The van der Waals surface area contributed by atoms with Crippen LogP contribution in [0.2, 0.25) is 0 Å². The number of benzene rings is 1. The molecule has 0 spiro atoms. The lowest BCUT2D eigenvalue weighted by atomic mass is 9.93. The van der Waals surface area contributed by atoms with Gasteiger partial charge in [-0.15, -0.1) is 0 Å². The fourth-order valence-corrected chi connectivity index (χ4v) is 3.35. The molecule has 1 aromatic heterocycles. The molecule has 0 radical (unpaired) electrons. The Balaban J connectivity index is 1.75. The third-order valence-corrected chi connectivity index (χ3v) is 4.56. The monoisotopic (exact) mass is 324 g/mol. The summed E-state index contributed by atoms with van der Waals surface area (Å²) in [4.78, 5) is 19.1. The van der Waals surface area contributed by atoms with Crippen LogP contribution in [0.3, 0.4) is 0 Å². The highest BCUT2D eigenvalue weighted by molar-refractivity contribution is 5.94. The van der Waals surface area contributed by atoms with Gasteiger partial charge in [0.1, 0.15) is 5.75 Å². The Labute approximate surface area is 143 Å². The maximum Gasteiger partial charge on any atom is 0.254 e. The number of nitrogens with zero attached hydrogens (tertiary/aromatic N) is 2. The molecule has 1 fully saturated rings. The SMILES string of the molecule is CCN(C(=O)c1cccc(Oc2ccccn2)c1)C1CCCCC1. The molecular weight excluding hydrogens is 300 g/mol. The lowest BCUT2D eigenvalue weighted by Gasteiger charge is -2.33. The number of carbonyl (C=O) groups is 1. The fourth-order valence-electron chi connectivity index (χ4n) is 3.35. The van der Waals surface area contributed by atoms with E-state index in [2.05, 4.69) is 11.9 Å². The van der Waals surface area contributed by atoms with Crippen LogP contribution >= 0.6 is 0 Å². The number of hydrogen-bond donors (Lipinski definition) is 0. The highest BCUT2D eigenvalue weighted by Gasteiger charge is 2.25. The molecule has 0 saturated heterocycles. The van der Waals surface area contributed by atoms with Gasteiger partial charge < -0.3 is 9.64 Å². The minimum Gasteiger partial charge on any atom is -0.439 e. The number of rotatable bonds is 5. The number of aromatic nitrogens is 1. The molecular formula is C20H24N2O2. The van der Waals surface area contributed by atoms with Crippen LogP contribution in [0.5, 0.6) is 11.6 Å². The van der Waals surface area contributed by atoms with E-state index in [1.807, 2.05) is 41.3 Å². The van der Waals surface area contributed by atoms with E-state index >= 15 is 0 Å². The molecule has 1 aliphatic carbocycles. The van der Waals surface area contributed by atoms with E-state index < -0.39 is 0 Å². The third kappa shape index (κ3) is 3.94. The summed E-state index contributed by atoms with van der Waals surface area (Å²) in [5, 5.41) is 0. The molecule has 0 bridgehead atoms. The first-order chi connectivity index (χ1) is 11.8. The fraction of sp³-hybridized carbons (Fsp3) is 0.400. The van der Waals surface area contributed by atoms with Crippen LogP contribution in [-0.4, -0.2) is 28.4 Å². The second-order valence-electron chi connectivity index (χ2n) is 6.18. The highest BCUT2D eigenvalue weighted by Crippen LogP contribution is 2.25. The Kier molecular flexibility index (Phi) is 5.47. The molecule has 24 heavy (non-hydrogen) atoms.